The molecule has 150 valence electrons. The van der Waals surface area contributed by atoms with Crippen molar-refractivity contribution in [3.05, 3.63) is 0 Å². The third-order valence-electron chi connectivity index (χ3n) is 8.54. The van der Waals surface area contributed by atoms with E-state index < -0.39 is 0 Å². The fraction of sp³-hybridized carbons (Fsp3) is 0.913. The van der Waals surface area contributed by atoms with E-state index in [1.54, 1.807) is 0 Å². The Morgan fingerprint density at radius 2 is 1.22 bits per heavy atom. The first-order valence-corrected chi connectivity index (χ1v) is 11.7. The molecule has 0 aromatic rings. The highest BCUT2D eigenvalue weighted by molar-refractivity contribution is 5.84. The summed E-state index contributed by atoms with van der Waals surface area (Å²) in [5.74, 6) is 3.53. The average Bonchev–Trinajstić information content (AvgIpc) is 2.92. The van der Waals surface area contributed by atoms with Crippen molar-refractivity contribution in [2.45, 2.75) is 77.0 Å². The Morgan fingerprint density at radius 1 is 0.667 bits per heavy atom. The molecule has 2 amide bonds. The van der Waals surface area contributed by atoms with E-state index in [9.17, 15) is 9.59 Å². The van der Waals surface area contributed by atoms with Gasteiger partial charge in [0.1, 0.15) is 0 Å². The zero-order chi connectivity index (χ0) is 18.4. The molecule has 1 saturated heterocycles. The fourth-order valence-electron chi connectivity index (χ4n) is 7.66. The number of nitrogens with zero attached hydrogens (tertiary/aromatic N) is 2. The summed E-state index contributed by atoms with van der Waals surface area (Å²) in [6, 6.07) is 0. The molecular formula is C23H36N2O2. The smallest absolute Gasteiger partial charge is 0.228 e. The molecule has 0 unspecified atom stereocenters. The Bertz CT molecular complexity index is 560. The highest BCUT2D eigenvalue weighted by Gasteiger charge is 2.55. The van der Waals surface area contributed by atoms with E-state index in [1.165, 1.54) is 38.5 Å². The largest absolute Gasteiger partial charge is 0.341 e. The topological polar surface area (TPSA) is 40.6 Å². The van der Waals surface area contributed by atoms with Gasteiger partial charge in [0.25, 0.3) is 0 Å². The summed E-state index contributed by atoms with van der Waals surface area (Å²) in [4.78, 5) is 30.8. The van der Waals surface area contributed by atoms with Gasteiger partial charge in [-0.25, -0.2) is 0 Å². The summed E-state index contributed by atoms with van der Waals surface area (Å²) < 4.78 is 0. The van der Waals surface area contributed by atoms with Crippen LogP contribution in [0.1, 0.15) is 77.0 Å². The molecule has 0 radical (unpaired) electrons. The van der Waals surface area contributed by atoms with Crippen LogP contribution >= 0.6 is 0 Å². The Kier molecular flexibility index (Phi) is 4.72. The van der Waals surface area contributed by atoms with Gasteiger partial charge in [-0.15, -0.1) is 0 Å². The average molecular weight is 373 g/mol. The van der Waals surface area contributed by atoms with Gasteiger partial charge in [-0.1, -0.05) is 19.3 Å². The molecule has 0 aromatic carbocycles. The first kappa shape index (κ1) is 18.0. The molecule has 4 heteroatoms. The van der Waals surface area contributed by atoms with Gasteiger partial charge in [0.15, 0.2) is 0 Å². The SMILES string of the molecule is O=C(C1CCCCC1)N1CCCN(C(=O)C23CC4CC(CC(C4)C2)C3)CC1. The third-order valence-corrected chi connectivity index (χ3v) is 8.54. The second-order valence-electron chi connectivity index (χ2n) is 10.5. The molecule has 0 spiro atoms. The first-order chi connectivity index (χ1) is 13.1. The normalized spacial score (nSPS) is 39.5. The maximum absolute atomic E-state index is 13.6. The minimum absolute atomic E-state index is 0.0305. The summed E-state index contributed by atoms with van der Waals surface area (Å²) >= 11 is 0. The van der Waals surface area contributed by atoms with Crippen LogP contribution < -0.4 is 0 Å². The highest BCUT2D eigenvalue weighted by Crippen LogP contribution is 2.60. The van der Waals surface area contributed by atoms with Gasteiger partial charge in [0.2, 0.25) is 11.8 Å². The molecule has 1 aliphatic heterocycles. The van der Waals surface area contributed by atoms with Crippen LogP contribution in [0.2, 0.25) is 0 Å². The Hall–Kier alpha value is -1.06. The van der Waals surface area contributed by atoms with Crippen LogP contribution in [0.25, 0.3) is 0 Å². The van der Waals surface area contributed by atoms with E-state index in [0.29, 0.717) is 11.8 Å². The molecule has 6 fully saturated rings. The van der Waals surface area contributed by atoms with Gasteiger partial charge in [-0.05, 0) is 75.5 Å². The molecule has 5 saturated carbocycles. The van der Waals surface area contributed by atoms with Crippen molar-refractivity contribution in [2.75, 3.05) is 26.2 Å². The molecule has 4 nitrogen and oxygen atoms in total. The maximum Gasteiger partial charge on any atom is 0.228 e. The molecule has 5 aliphatic carbocycles. The second-order valence-corrected chi connectivity index (χ2v) is 10.5. The lowest BCUT2D eigenvalue weighted by Gasteiger charge is -2.56. The molecule has 0 aromatic heterocycles. The molecule has 27 heavy (non-hydrogen) atoms. The molecule has 0 N–H and O–H groups in total. The van der Waals surface area contributed by atoms with Crippen LogP contribution in [-0.4, -0.2) is 47.8 Å². The van der Waals surface area contributed by atoms with E-state index in [2.05, 4.69) is 9.80 Å². The van der Waals surface area contributed by atoms with Crippen molar-refractivity contribution in [3.63, 3.8) is 0 Å². The summed E-state index contributed by atoms with van der Waals surface area (Å²) in [5, 5.41) is 0. The number of carbonyl (C=O) groups excluding carboxylic acids is 2. The quantitative estimate of drug-likeness (QED) is 0.739. The zero-order valence-corrected chi connectivity index (χ0v) is 16.8. The third kappa shape index (κ3) is 3.31. The monoisotopic (exact) mass is 372 g/mol. The van der Waals surface area contributed by atoms with Crippen molar-refractivity contribution in [2.24, 2.45) is 29.1 Å². The number of amides is 2. The molecule has 6 aliphatic rings. The van der Waals surface area contributed by atoms with Crippen molar-refractivity contribution in [1.29, 1.82) is 0 Å². The van der Waals surface area contributed by atoms with Gasteiger partial charge < -0.3 is 9.80 Å². The van der Waals surface area contributed by atoms with E-state index in [4.69, 9.17) is 0 Å². The van der Waals surface area contributed by atoms with Crippen LogP contribution in [-0.2, 0) is 9.59 Å². The van der Waals surface area contributed by atoms with Gasteiger partial charge in [0, 0.05) is 32.1 Å². The minimum atomic E-state index is -0.0305. The highest BCUT2D eigenvalue weighted by atomic mass is 16.2. The van der Waals surface area contributed by atoms with Gasteiger partial charge in [-0.2, -0.15) is 0 Å². The number of carbonyl (C=O) groups is 2. The van der Waals surface area contributed by atoms with E-state index in [1.807, 2.05) is 0 Å². The summed E-state index contributed by atoms with van der Waals surface area (Å²) in [6.07, 6.45) is 14.4. The lowest BCUT2D eigenvalue weighted by Crippen LogP contribution is -2.55. The van der Waals surface area contributed by atoms with Gasteiger partial charge >= 0.3 is 0 Å². The van der Waals surface area contributed by atoms with Crippen LogP contribution in [0.3, 0.4) is 0 Å². The maximum atomic E-state index is 13.6. The predicted octanol–water partition coefficient (Wildman–Crippen LogP) is 3.84. The summed E-state index contributed by atoms with van der Waals surface area (Å²) in [5.41, 5.74) is -0.0305. The molecular weight excluding hydrogens is 336 g/mol. The summed E-state index contributed by atoms with van der Waals surface area (Å²) in [6.45, 7) is 3.22. The Labute approximate surface area is 164 Å². The Balaban J connectivity index is 1.23. The van der Waals surface area contributed by atoms with E-state index >= 15 is 0 Å². The predicted molar refractivity (Wildman–Crippen MR) is 105 cm³/mol. The first-order valence-electron chi connectivity index (χ1n) is 11.7. The lowest BCUT2D eigenvalue weighted by atomic mass is 9.49. The molecule has 0 atom stereocenters. The van der Waals surface area contributed by atoms with E-state index in [-0.39, 0.29) is 11.3 Å². The summed E-state index contributed by atoms with van der Waals surface area (Å²) in [7, 11) is 0. The van der Waals surface area contributed by atoms with Crippen molar-refractivity contribution in [3.8, 4) is 0 Å². The standard InChI is InChI=1S/C23H36N2O2/c26-21(20-5-2-1-3-6-20)24-7-4-8-25(10-9-24)22(27)23-14-17-11-18(15-23)13-19(12-17)16-23/h17-20H,1-16H2. The zero-order valence-electron chi connectivity index (χ0n) is 16.8. The second kappa shape index (κ2) is 7.08. The molecule has 1 heterocycles. The van der Waals surface area contributed by atoms with Crippen LogP contribution in [0.4, 0.5) is 0 Å². The van der Waals surface area contributed by atoms with Crippen LogP contribution in [0.5, 0.6) is 0 Å². The molecule has 4 bridgehead atoms. The van der Waals surface area contributed by atoms with Crippen molar-refractivity contribution < 1.29 is 9.59 Å². The number of rotatable bonds is 2. The number of hydrogen-bond donors (Lipinski definition) is 0. The number of hydrogen-bond acceptors (Lipinski definition) is 2. The van der Waals surface area contributed by atoms with Gasteiger partial charge in [0.05, 0.1) is 5.41 Å². The molecule has 6 rings (SSSR count). The minimum Gasteiger partial charge on any atom is -0.341 e. The van der Waals surface area contributed by atoms with Gasteiger partial charge in [-0.3, -0.25) is 9.59 Å². The van der Waals surface area contributed by atoms with Crippen LogP contribution in [0.15, 0.2) is 0 Å². The van der Waals surface area contributed by atoms with Crippen molar-refractivity contribution >= 4 is 11.8 Å². The van der Waals surface area contributed by atoms with Crippen LogP contribution in [0, 0.1) is 29.1 Å². The Morgan fingerprint density at radius 3 is 1.85 bits per heavy atom. The lowest BCUT2D eigenvalue weighted by molar-refractivity contribution is -0.157. The van der Waals surface area contributed by atoms with Crippen molar-refractivity contribution in [1.82, 2.24) is 9.80 Å². The fourth-order valence-corrected chi connectivity index (χ4v) is 7.66. The van der Waals surface area contributed by atoms with E-state index in [0.717, 1.165) is 82.5 Å².